The number of Topliss-reactive ketones (excluding diaryl/α,β-unsaturated/α-hetero) is 1. The number of carbonyl (C=O) groups is 2. The van der Waals surface area contributed by atoms with Crippen LogP contribution in [0.3, 0.4) is 0 Å². The number of carboxylic acids is 1. The summed E-state index contributed by atoms with van der Waals surface area (Å²) < 4.78 is 0. The molecule has 0 spiro atoms. The summed E-state index contributed by atoms with van der Waals surface area (Å²) in [6.07, 6.45) is 2.94. The van der Waals surface area contributed by atoms with Gasteiger partial charge in [-0.05, 0) is 38.4 Å². The first-order chi connectivity index (χ1) is 9.95. The number of benzene rings is 1. The van der Waals surface area contributed by atoms with Crippen molar-refractivity contribution in [3.8, 4) is 0 Å². The molecule has 0 radical (unpaired) electrons. The average molecular weight is 291 g/mol. The van der Waals surface area contributed by atoms with E-state index < -0.39 is 12.0 Å². The lowest BCUT2D eigenvalue weighted by atomic mass is 9.96. The Hall–Kier alpha value is -1.68. The summed E-state index contributed by atoms with van der Waals surface area (Å²) in [6, 6.07) is 5.03. The second-order valence-electron chi connectivity index (χ2n) is 5.49. The Morgan fingerprint density at radius 1 is 1.24 bits per heavy atom. The van der Waals surface area contributed by atoms with Crippen molar-refractivity contribution in [1.82, 2.24) is 5.32 Å². The van der Waals surface area contributed by atoms with E-state index in [0.717, 1.165) is 30.4 Å². The molecule has 0 aliphatic carbocycles. The fourth-order valence-corrected chi connectivity index (χ4v) is 2.27. The van der Waals surface area contributed by atoms with Crippen molar-refractivity contribution in [3.05, 3.63) is 34.9 Å². The van der Waals surface area contributed by atoms with Gasteiger partial charge in [-0.25, -0.2) is 0 Å². The fourth-order valence-electron chi connectivity index (χ4n) is 2.27. The van der Waals surface area contributed by atoms with E-state index in [9.17, 15) is 9.59 Å². The van der Waals surface area contributed by atoms with Gasteiger partial charge in [0.05, 0.1) is 12.5 Å². The predicted octanol–water partition coefficient (Wildman–Crippen LogP) is 3.11. The maximum Gasteiger partial charge on any atom is 0.305 e. The van der Waals surface area contributed by atoms with Crippen LogP contribution >= 0.6 is 0 Å². The van der Waals surface area contributed by atoms with E-state index in [4.69, 9.17) is 5.11 Å². The van der Waals surface area contributed by atoms with Gasteiger partial charge in [-0.2, -0.15) is 0 Å². The maximum atomic E-state index is 12.6. The van der Waals surface area contributed by atoms with E-state index in [1.165, 1.54) is 0 Å². The maximum absolute atomic E-state index is 12.6. The van der Waals surface area contributed by atoms with Crippen LogP contribution in [0.25, 0.3) is 0 Å². The highest BCUT2D eigenvalue weighted by molar-refractivity contribution is 6.02. The topological polar surface area (TPSA) is 66.4 Å². The molecule has 0 saturated heterocycles. The molecule has 4 heteroatoms. The van der Waals surface area contributed by atoms with Gasteiger partial charge >= 0.3 is 5.97 Å². The van der Waals surface area contributed by atoms with Crippen LogP contribution in [0.2, 0.25) is 0 Å². The molecule has 0 aliphatic heterocycles. The molecule has 0 saturated carbocycles. The molecule has 1 aromatic carbocycles. The Morgan fingerprint density at radius 3 is 2.57 bits per heavy atom. The Kier molecular flexibility index (Phi) is 7.09. The van der Waals surface area contributed by atoms with Crippen molar-refractivity contribution in [2.24, 2.45) is 0 Å². The molecule has 4 nitrogen and oxygen atoms in total. The molecule has 2 N–H and O–H groups in total. The molecule has 0 bridgehead atoms. The van der Waals surface area contributed by atoms with Crippen LogP contribution in [-0.4, -0.2) is 29.4 Å². The van der Waals surface area contributed by atoms with Crippen LogP contribution in [0.15, 0.2) is 18.2 Å². The van der Waals surface area contributed by atoms with Crippen LogP contribution in [0, 0.1) is 13.8 Å². The molecule has 1 aromatic rings. The summed E-state index contributed by atoms with van der Waals surface area (Å²) in [7, 11) is 0. The van der Waals surface area contributed by atoms with Crippen molar-refractivity contribution in [2.75, 3.05) is 6.54 Å². The zero-order valence-electron chi connectivity index (χ0n) is 13.1. The van der Waals surface area contributed by atoms with Gasteiger partial charge in [0.1, 0.15) is 0 Å². The van der Waals surface area contributed by atoms with Crippen LogP contribution in [-0.2, 0) is 4.79 Å². The summed E-state index contributed by atoms with van der Waals surface area (Å²) in [6.45, 7) is 6.58. The van der Waals surface area contributed by atoms with E-state index in [0.29, 0.717) is 12.1 Å². The van der Waals surface area contributed by atoms with Crippen LogP contribution in [0.4, 0.5) is 0 Å². The lowest BCUT2D eigenvalue weighted by molar-refractivity contribution is -0.137. The number of nitrogens with one attached hydrogen (secondary N) is 1. The minimum absolute atomic E-state index is 0.130. The molecule has 21 heavy (non-hydrogen) atoms. The highest BCUT2D eigenvalue weighted by Crippen LogP contribution is 2.14. The van der Waals surface area contributed by atoms with E-state index in [1.807, 2.05) is 32.0 Å². The highest BCUT2D eigenvalue weighted by Gasteiger charge is 2.23. The molecule has 1 unspecified atom stereocenters. The second kappa shape index (κ2) is 8.57. The molecule has 0 aliphatic rings. The van der Waals surface area contributed by atoms with Gasteiger partial charge in [-0.3, -0.25) is 9.59 Å². The number of rotatable bonds is 9. The monoisotopic (exact) mass is 291 g/mol. The number of hydrogen-bond donors (Lipinski definition) is 2. The first-order valence-electron chi connectivity index (χ1n) is 7.52. The summed E-state index contributed by atoms with van der Waals surface area (Å²) in [5.74, 6) is -1.09. The number of aliphatic carboxylic acids is 1. The van der Waals surface area contributed by atoms with Gasteiger partial charge in [0, 0.05) is 5.56 Å². The highest BCUT2D eigenvalue weighted by atomic mass is 16.4. The van der Waals surface area contributed by atoms with Crippen molar-refractivity contribution in [1.29, 1.82) is 0 Å². The van der Waals surface area contributed by atoms with Crippen LogP contribution < -0.4 is 5.32 Å². The molecule has 0 fully saturated rings. The number of carboxylic acid groups (broad SMARTS) is 1. The van der Waals surface area contributed by atoms with Gasteiger partial charge in [0.25, 0.3) is 0 Å². The Labute approximate surface area is 126 Å². The molecular weight excluding hydrogens is 266 g/mol. The van der Waals surface area contributed by atoms with E-state index in [1.54, 1.807) is 0 Å². The van der Waals surface area contributed by atoms with Gasteiger partial charge < -0.3 is 10.4 Å². The van der Waals surface area contributed by atoms with Crippen molar-refractivity contribution < 1.29 is 14.7 Å². The molecule has 1 atom stereocenters. The molecule has 116 valence electrons. The first kappa shape index (κ1) is 17.4. The molecular formula is C17H25NO3. The van der Waals surface area contributed by atoms with Gasteiger partial charge in [-0.1, -0.05) is 37.5 Å². The van der Waals surface area contributed by atoms with Crippen molar-refractivity contribution in [3.63, 3.8) is 0 Å². The van der Waals surface area contributed by atoms with Crippen LogP contribution in [0.1, 0.15) is 54.1 Å². The minimum Gasteiger partial charge on any atom is -0.481 e. The Morgan fingerprint density at radius 2 is 1.95 bits per heavy atom. The Bertz CT molecular complexity index is 497. The number of hydrogen-bond acceptors (Lipinski definition) is 3. The largest absolute Gasteiger partial charge is 0.481 e. The fraction of sp³-hybridized carbons (Fsp3) is 0.529. The normalized spacial score (nSPS) is 12.1. The van der Waals surface area contributed by atoms with Gasteiger partial charge in [0.2, 0.25) is 0 Å². The molecule has 0 heterocycles. The Balaban J connectivity index is 2.83. The zero-order chi connectivity index (χ0) is 15.8. The zero-order valence-corrected chi connectivity index (χ0v) is 13.1. The van der Waals surface area contributed by atoms with E-state index in [2.05, 4.69) is 12.2 Å². The standard InChI is InChI=1S/C17H25NO3/c1-4-5-6-9-18-15(11-16(19)20)17(21)14-10-12(2)7-8-13(14)3/h7-8,10,15,18H,4-6,9,11H2,1-3H3,(H,19,20). The number of unbranched alkanes of at least 4 members (excludes halogenated alkanes) is 2. The van der Waals surface area contributed by atoms with E-state index >= 15 is 0 Å². The smallest absolute Gasteiger partial charge is 0.305 e. The van der Waals surface area contributed by atoms with Crippen LogP contribution in [0.5, 0.6) is 0 Å². The quantitative estimate of drug-likeness (QED) is 0.542. The summed E-state index contributed by atoms with van der Waals surface area (Å²) in [5, 5.41) is 12.1. The third kappa shape index (κ3) is 5.68. The number of ketones is 1. The first-order valence-corrected chi connectivity index (χ1v) is 7.52. The van der Waals surface area contributed by atoms with Gasteiger partial charge in [0.15, 0.2) is 5.78 Å². The molecule has 0 amide bonds. The van der Waals surface area contributed by atoms with E-state index in [-0.39, 0.29) is 12.2 Å². The number of carbonyl (C=O) groups excluding carboxylic acids is 1. The third-order valence-electron chi connectivity index (χ3n) is 3.52. The second-order valence-corrected chi connectivity index (χ2v) is 5.49. The number of aryl methyl sites for hydroxylation is 2. The lowest BCUT2D eigenvalue weighted by Gasteiger charge is -2.17. The lowest BCUT2D eigenvalue weighted by Crippen LogP contribution is -2.39. The predicted molar refractivity (Wildman–Crippen MR) is 83.8 cm³/mol. The SMILES string of the molecule is CCCCCNC(CC(=O)O)C(=O)c1cc(C)ccc1C. The molecule has 0 aromatic heterocycles. The summed E-state index contributed by atoms with van der Waals surface area (Å²) >= 11 is 0. The average Bonchev–Trinajstić information content (AvgIpc) is 2.43. The summed E-state index contributed by atoms with van der Waals surface area (Å²) in [5.41, 5.74) is 2.50. The van der Waals surface area contributed by atoms with Gasteiger partial charge in [-0.15, -0.1) is 0 Å². The minimum atomic E-state index is -0.957. The summed E-state index contributed by atoms with van der Waals surface area (Å²) in [4.78, 5) is 23.6. The van der Waals surface area contributed by atoms with Crippen molar-refractivity contribution >= 4 is 11.8 Å². The van der Waals surface area contributed by atoms with Crippen molar-refractivity contribution in [2.45, 2.75) is 52.5 Å². The molecule has 1 rings (SSSR count). The third-order valence-corrected chi connectivity index (χ3v) is 3.52.